The first kappa shape index (κ1) is 39.1. The second kappa shape index (κ2) is 13.8. The molecule has 0 spiro atoms. The fourth-order valence-corrected chi connectivity index (χ4v) is 6.64. The molecule has 0 bridgehead atoms. The summed E-state index contributed by atoms with van der Waals surface area (Å²) in [6.07, 6.45) is -15.6. The summed E-state index contributed by atoms with van der Waals surface area (Å²) >= 11 is 0. The Kier molecular flexibility index (Phi) is 9.44. The van der Waals surface area contributed by atoms with Gasteiger partial charge >= 0.3 is 18.5 Å². The lowest BCUT2D eigenvalue weighted by Gasteiger charge is -2.30. The van der Waals surface area contributed by atoms with Crippen LogP contribution in [0.1, 0.15) is 27.8 Å². The Balaban J connectivity index is 1.46. The van der Waals surface area contributed by atoms with Gasteiger partial charge in [-0.15, -0.1) is 0 Å². The van der Waals surface area contributed by atoms with E-state index in [-0.39, 0.29) is 45.1 Å². The molecule has 7 aromatic rings. The number of aryl methyl sites for hydroxylation is 2. The maximum absolute atomic E-state index is 15.8. The highest BCUT2D eigenvalue weighted by molar-refractivity contribution is 6.06. The molecule has 0 atom stereocenters. The second-order valence-corrected chi connectivity index (χ2v) is 13.1. The minimum Gasteiger partial charge on any atom is -0.456 e. The molecule has 0 aliphatic rings. The Morgan fingerprint density at radius 3 is 1.37 bits per heavy atom. The number of nitrogens with zero attached hydrogens (tertiary/aromatic N) is 2. The van der Waals surface area contributed by atoms with E-state index in [4.69, 9.17) is 4.42 Å². The maximum Gasteiger partial charge on any atom is 0.422 e. The average Bonchev–Trinajstić information content (AvgIpc) is 3.49. The minimum absolute atomic E-state index is 0.0783. The van der Waals surface area contributed by atoms with Crippen molar-refractivity contribution < 1.29 is 61.5 Å². The summed E-state index contributed by atoms with van der Waals surface area (Å²) in [5.74, 6) is -10.3. The molecule has 0 unspecified atom stereocenters. The molecule has 57 heavy (non-hydrogen) atoms. The van der Waals surface area contributed by atoms with E-state index in [0.29, 0.717) is 33.4 Å². The molecule has 0 amide bonds. The van der Waals surface area contributed by atoms with Crippen LogP contribution in [0.4, 0.5) is 91.2 Å². The second-order valence-electron chi connectivity index (χ2n) is 13.1. The predicted molar refractivity (Wildman–Crippen MR) is 187 cm³/mol. The monoisotopic (exact) mass is 806 g/mol. The van der Waals surface area contributed by atoms with Gasteiger partial charge in [0.2, 0.25) is 0 Å². The molecule has 6 aromatic carbocycles. The zero-order chi connectivity index (χ0) is 41.4. The van der Waals surface area contributed by atoms with Crippen LogP contribution in [0.2, 0.25) is 0 Å². The molecule has 7 rings (SSSR count). The van der Waals surface area contributed by atoms with Gasteiger partial charge in [0.15, 0.2) is 23.3 Å². The summed E-state index contributed by atoms with van der Waals surface area (Å²) in [5.41, 5.74) is -7.29. The molecule has 0 saturated heterocycles. The summed E-state index contributed by atoms with van der Waals surface area (Å²) in [5, 5.41) is 1.09. The van der Waals surface area contributed by atoms with Gasteiger partial charge in [0.1, 0.15) is 22.4 Å². The summed E-state index contributed by atoms with van der Waals surface area (Å²) in [7, 11) is 0. The van der Waals surface area contributed by atoms with Crippen LogP contribution in [0.3, 0.4) is 0 Å². The van der Waals surface area contributed by atoms with Crippen LogP contribution >= 0.6 is 0 Å². The Hall–Kier alpha value is -6.19. The largest absolute Gasteiger partial charge is 0.456 e. The third-order valence-electron chi connectivity index (χ3n) is 9.03. The van der Waals surface area contributed by atoms with E-state index in [1.807, 2.05) is 0 Å². The zero-order valence-corrected chi connectivity index (χ0v) is 29.0. The molecule has 1 heterocycles. The van der Waals surface area contributed by atoms with Crippen molar-refractivity contribution in [2.24, 2.45) is 0 Å². The van der Waals surface area contributed by atoms with E-state index in [1.54, 1.807) is 24.3 Å². The number of hydrogen-bond donors (Lipinski definition) is 0. The van der Waals surface area contributed by atoms with Gasteiger partial charge in [0.05, 0.1) is 16.8 Å². The predicted octanol–water partition coefficient (Wildman–Crippen LogP) is 14.8. The van der Waals surface area contributed by atoms with E-state index >= 15 is 17.6 Å². The molecule has 0 radical (unpaired) electrons. The van der Waals surface area contributed by atoms with Crippen molar-refractivity contribution in [1.29, 1.82) is 0 Å². The molecule has 0 N–H and O–H groups in total. The van der Waals surface area contributed by atoms with Crippen molar-refractivity contribution >= 4 is 56.1 Å². The normalized spacial score (nSPS) is 12.5. The number of rotatable bonds is 6. The molecule has 0 saturated carbocycles. The summed E-state index contributed by atoms with van der Waals surface area (Å²) in [6, 6.07) is 20.5. The Bertz CT molecular complexity index is 2580. The van der Waals surface area contributed by atoms with Gasteiger partial charge in [-0.1, -0.05) is 18.2 Å². The van der Waals surface area contributed by atoms with Gasteiger partial charge < -0.3 is 14.2 Å². The van der Waals surface area contributed by atoms with Gasteiger partial charge in [-0.3, -0.25) is 0 Å². The van der Waals surface area contributed by atoms with Gasteiger partial charge in [0, 0.05) is 39.6 Å². The Labute approximate surface area is 313 Å². The third-order valence-corrected chi connectivity index (χ3v) is 9.03. The highest BCUT2D eigenvalue weighted by Crippen LogP contribution is 2.47. The van der Waals surface area contributed by atoms with Crippen LogP contribution < -0.4 is 9.80 Å². The number of fused-ring (bicyclic) bond motifs is 3. The number of hydrogen-bond acceptors (Lipinski definition) is 3. The fourth-order valence-electron chi connectivity index (χ4n) is 6.64. The third kappa shape index (κ3) is 7.19. The van der Waals surface area contributed by atoms with Crippen LogP contribution in [-0.2, 0) is 18.5 Å². The first-order chi connectivity index (χ1) is 26.6. The van der Waals surface area contributed by atoms with E-state index in [9.17, 15) is 39.5 Å². The molecular weight excluding hydrogens is 783 g/mol. The van der Waals surface area contributed by atoms with E-state index in [0.717, 1.165) is 41.3 Å². The smallest absolute Gasteiger partial charge is 0.422 e. The minimum atomic E-state index is -5.85. The van der Waals surface area contributed by atoms with Crippen molar-refractivity contribution in [2.45, 2.75) is 32.4 Å². The Morgan fingerprint density at radius 2 is 0.877 bits per heavy atom. The number of alkyl halides is 9. The average molecular weight is 807 g/mol. The maximum atomic E-state index is 15.8. The van der Waals surface area contributed by atoms with Gasteiger partial charge in [-0.05, 0) is 104 Å². The van der Waals surface area contributed by atoms with Crippen LogP contribution in [0.25, 0.3) is 21.9 Å². The lowest BCUT2D eigenvalue weighted by molar-refractivity contribution is -0.143. The SMILES string of the molecule is Cc1cc(N(c2ccc(N(c3ccc4c(c3)oc3ccccc34)c3c(F)c(F)c(C(F)(F)F)c(F)c3F)cc2)c2cc(C)cc(C(F)(F)F)c2)cc(C(F)(F)F)c1. The molecule has 0 fully saturated rings. The molecule has 16 heteroatoms. The molecular formula is C41H23F13N2O. The number of halogens is 13. The molecule has 3 nitrogen and oxygen atoms in total. The van der Waals surface area contributed by atoms with E-state index in [2.05, 4.69) is 0 Å². The van der Waals surface area contributed by atoms with Gasteiger partial charge in [0.25, 0.3) is 0 Å². The van der Waals surface area contributed by atoms with Crippen molar-refractivity contribution in [3.8, 4) is 0 Å². The summed E-state index contributed by atoms with van der Waals surface area (Å²) in [4.78, 5) is 1.61. The van der Waals surface area contributed by atoms with Crippen molar-refractivity contribution in [2.75, 3.05) is 9.80 Å². The fraction of sp³-hybridized carbons (Fsp3) is 0.122. The van der Waals surface area contributed by atoms with Crippen molar-refractivity contribution in [3.05, 3.63) is 154 Å². The van der Waals surface area contributed by atoms with Crippen LogP contribution in [-0.4, -0.2) is 0 Å². The van der Waals surface area contributed by atoms with E-state index in [1.165, 1.54) is 44.2 Å². The number of furan rings is 1. The number of para-hydroxylation sites is 1. The van der Waals surface area contributed by atoms with Crippen LogP contribution in [0, 0.1) is 37.1 Å². The topological polar surface area (TPSA) is 19.6 Å². The highest BCUT2D eigenvalue weighted by Gasteiger charge is 2.43. The first-order valence-corrected chi connectivity index (χ1v) is 16.6. The van der Waals surface area contributed by atoms with Crippen LogP contribution in [0.5, 0.6) is 0 Å². The zero-order valence-electron chi connectivity index (χ0n) is 29.0. The molecule has 0 aliphatic heterocycles. The quantitative estimate of drug-likeness (QED) is 0.123. The van der Waals surface area contributed by atoms with Crippen molar-refractivity contribution in [3.63, 3.8) is 0 Å². The number of anilines is 6. The summed E-state index contributed by atoms with van der Waals surface area (Å²) in [6.45, 7) is 2.67. The lowest BCUT2D eigenvalue weighted by atomic mass is 10.0. The molecule has 1 aromatic heterocycles. The molecule has 294 valence electrons. The van der Waals surface area contributed by atoms with Crippen molar-refractivity contribution in [1.82, 2.24) is 0 Å². The number of benzene rings is 6. The lowest BCUT2D eigenvalue weighted by Crippen LogP contribution is -2.21. The Morgan fingerprint density at radius 1 is 0.421 bits per heavy atom. The van der Waals surface area contributed by atoms with Gasteiger partial charge in [-0.25, -0.2) is 17.6 Å². The first-order valence-electron chi connectivity index (χ1n) is 16.6. The standard InChI is InChI=1S/C41H23F13N2O/c1-20-13-22(39(46,47)48)17-27(15-20)55(28-16-21(2)14-23(18-28)40(49,50)51)24-7-9-25(10-8-24)56(38-36(44)34(42)33(41(52,53)54)35(43)37(38)45)26-11-12-30-29-5-3-4-6-31(29)57-32(30)19-26/h3-19H,1-2H3. The molecule has 0 aliphatic carbocycles. The van der Waals surface area contributed by atoms with E-state index < -0.39 is 64.2 Å². The summed E-state index contributed by atoms with van der Waals surface area (Å²) < 4.78 is 192. The van der Waals surface area contributed by atoms with Gasteiger partial charge in [-0.2, -0.15) is 39.5 Å². The van der Waals surface area contributed by atoms with Crippen LogP contribution in [0.15, 0.2) is 108 Å². The highest BCUT2D eigenvalue weighted by atomic mass is 19.4.